The Labute approximate surface area is 108 Å². The van der Waals surface area contributed by atoms with Crippen LogP contribution in [0.2, 0.25) is 0 Å². The number of nitrogens with two attached hydrogens (primary N) is 1. The van der Waals surface area contributed by atoms with Gasteiger partial charge in [-0.3, -0.25) is 4.98 Å². The molecule has 0 saturated carbocycles. The molecule has 0 bridgehead atoms. The molecule has 0 unspecified atom stereocenters. The van der Waals surface area contributed by atoms with Crippen molar-refractivity contribution in [3.05, 3.63) is 42.7 Å². The van der Waals surface area contributed by atoms with E-state index in [1.807, 2.05) is 0 Å². The number of nitrogens with zero attached hydrogens (tertiary/aromatic N) is 3. The summed E-state index contributed by atoms with van der Waals surface area (Å²) in [4.78, 5) is 8.19. The molecule has 0 fully saturated rings. The second-order valence-electron chi connectivity index (χ2n) is 3.93. The molecule has 0 aliphatic heterocycles. The first-order chi connectivity index (χ1) is 9.24. The lowest BCUT2D eigenvalue weighted by Gasteiger charge is -1.99. The Bertz CT molecular complexity index is 710. The molecule has 0 amide bonds. The molecule has 94 valence electrons. The second kappa shape index (κ2) is 4.41. The van der Waals surface area contributed by atoms with Crippen LogP contribution in [0, 0.1) is 0 Å². The van der Waals surface area contributed by atoms with Crippen LogP contribution >= 0.6 is 0 Å². The maximum absolute atomic E-state index is 9.56. The lowest BCUT2D eigenvalue weighted by molar-refractivity contribution is 0.431. The number of pyridine rings is 1. The average Bonchev–Trinajstić information content (AvgIpc) is 2.93. The van der Waals surface area contributed by atoms with E-state index >= 15 is 0 Å². The lowest BCUT2D eigenvalue weighted by atomic mass is 10.2. The summed E-state index contributed by atoms with van der Waals surface area (Å²) >= 11 is 0. The highest BCUT2D eigenvalue weighted by atomic mass is 16.5. The minimum Gasteiger partial charge on any atom is -0.506 e. The molecule has 0 aliphatic rings. The summed E-state index contributed by atoms with van der Waals surface area (Å²) in [6.07, 6.45) is 3.31. The van der Waals surface area contributed by atoms with Crippen molar-refractivity contribution in [1.29, 1.82) is 0 Å². The van der Waals surface area contributed by atoms with Crippen molar-refractivity contribution in [1.82, 2.24) is 15.1 Å². The van der Waals surface area contributed by atoms with Crippen molar-refractivity contribution in [3.8, 4) is 28.6 Å². The predicted octanol–water partition coefficient (Wildman–Crippen LogP) is 2.09. The fraction of sp³-hybridized carbons (Fsp3) is 0. The quantitative estimate of drug-likeness (QED) is 0.536. The molecule has 3 rings (SSSR count). The van der Waals surface area contributed by atoms with Gasteiger partial charge in [0.2, 0.25) is 5.82 Å². The zero-order chi connectivity index (χ0) is 13.2. The van der Waals surface area contributed by atoms with E-state index in [4.69, 9.17) is 10.3 Å². The topological polar surface area (TPSA) is 98.1 Å². The Morgan fingerprint density at radius 2 is 1.84 bits per heavy atom. The maximum atomic E-state index is 9.56. The van der Waals surface area contributed by atoms with Crippen molar-refractivity contribution in [2.45, 2.75) is 0 Å². The molecule has 0 saturated heterocycles. The van der Waals surface area contributed by atoms with Gasteiger partial charge in [0.05, 0.1) is 5.69 Å². The van der Waals surface area contributed by atoms with Gasteiger partial charge in [-0.25, -0.2) is 0 Å². The summed E-state index contributed by atoms with van der Waals surface area (Å²) < 4.78 is 5.17. The minimum absolute atomic E-state index is 0.0128. The van der Waals surface area contributed by atoms with Crippen LogP contribution in [0.5, 0.6) is 5.75 Å². The van der Waals surface area contributed by atoms with Gasteiger partial charge in [0.25, 0.3) is 5.89 Å². The van der Waals surface area contributed by atoms with Crippen molar-refractivity contribution in [2.75, 3.05) is 5.73 Å². The van der Waals surface area contributed by atoms with Crippen LogP contribution in [-0.2, 0) is 0 Å². The van der Waals surface area contributed by atoms with Gasteiger partial charge in [-0.1, -0.05) is 5.16 Å². The zero-order valence-electron chi connectivity index (χ0n) is 9.82. The number of aromatic nitrogens is 3. The van der Waals surface area contributed by atoms with Crippen LogP contribution in [-0.4, -0.2) is 20.2 Å². The van der Waals surface area contributed by atoms with Gasteiger partial charge in [0.1, 0.15) is 5.75 Å². The van der Waals surface area contributed by atoms with Gasteiger partial charge in [-0.15, -0.1) is 0 Å². The minimum atomic E-state index is -0.0128. The van der Waals surface area contributed by atoms with E-state index in [1.54, 1.807) is 36.7 Å². The van der Waals surface area contributed by atoms with Crippen LogP contribution < -0.4 is 5.73 Å². The molecule has 19 heavy (non-hydrogen) atoms. The number of phenols is 1. The van der Waals surface area contributed by atoms with E-state index in [0.717, 1.165) is 5.56 Å². The maximum Gasteiger partial charge on any atom is 0.258 e. The number of benzene rings is 1. The zero-order valence-corrected chi connectivity index (χ0v) is 9.82. The largest absolute Gasteiger partial charge is 0.506 e. The highest BCUT2D eigenvalue weighted by molar-refractivity contribution is 5.65. The molecule has 2 aromatic heterocycles. The molecule has 2 heterocycles. The summed E-state index contributed by atoms with van der Waals surface area (Å²) in [7, 11) is 0. The van der Waals surface area contributed by atoms with Crippen molar-refractivity contribution in [3.63, 3.8) is 0 Å². The van der Waals surface area contributed by atoms with Crippen LogP contribution in [0.25, 0.3) is 22.8 Å². The lowest BCUT2D eigenvalue weighted by Crippen LogP contribution is -1.86. The Morgan fingerprint density at radius 3 is 2.58 bits per heavy atom. The standard InChI is InChI=1S/C13H10N4O2/c14-10-2-1-9(7-11(10)18)13-16-12(17-19-13)8-3-5-15-6-4-8/h1-7,18H,14H2. The molecule has 0 atom stereocenters. The Balaban J connectivity index is 1.99. The second-order valence-corrected chi connectivity index (χ2v) is 3.93. The van der Waals surface area contributed by atoms with Gasteiger partial charge in [-0.2, -0.15) is 4.98 Å². The highest BCUT2D eigenvalue weighted by Crippen LogP contribution is 2.28. The molecule has 6 nitrogen and oxygen atoms in total. The Kier molecular flexibility index (Phi) is 2.60. The fourth-order valence-electron chi connectivity index (χ4n) is 1.64. The van der Waals surface area contributed by atoms with Crippen LogP contribution in [0.1, 0.15) is 0 Å². The number of nitrogen functional groups attached to an aromatic ring is 1. The van der Waals surface area contributed by atoms with E-state index in [0.29, 0.717) is 23.0 Å². The molecule has 0 aliphatic carbocycles. The van der Waals surface area contributed by atoms with Crippen molar-refractivity contribution < 1.29 is 9.63 Å². The summed E-state index contributed by atoms with van der Waals surface area (Å²) in [5, 5.41) is 13.5. The summed E-state index contributed by atoms with van der Waals surface area (Å²) in [6, 6.07) is 8.35. The van der Waals surface area contributed by atoms with Gasteiger partial charge in [0.15, 0.2) is 0 Å². The normalized spacial score (nSPS) is 10.5. The first kappa shape index (κ1) is 11.2. The van der Waals surface area contributed by atoms with E-state index in [1.165, 1.54) is 6.07 Å². The average molecular weight is 254 g/mol. The Hall–Kier alpha value is -2.89. The number of anilines is 1. The van der Waals surface area contributed by atoms with E-state index in [2.05, 4.69) is 15.1 Å². The van der Waals surface area contributed by atoms with E-state index in [-0.39, 0.29) is 5.75 Å². The number of aromatic hydroxyl groups is 1. The summed E-state index contributed by atoms with van der Waals surface area (Å²) in [5.74, 6) is 0.775. The van der Waals surface area contributed by atoms with Gasteiger partial charge in [-0.05, 0) is 30.3 Å². The molecule has 3 aromatic rings. The monoisotopic (exact) mass is 254 g/mol. The molecular weight excluding hydrogens is 244 g/mol. The SMILES string of the molecule is Nc1ccc(-c2nc(-c3ccncc3)no2)cc1O. The summed E-state index contributed by atoms with van der Waals surface area (Å²) in [5.41, 5.74) is 7.26. The molecule has 3 N–H and O–H groups in total. The van der Waals surface area contributed by atoms with Crippen LogP contribution in [0.3, 0.4) is 0 Å². The van der Waals surface area contributed by atoms with Crippen LogP contribution in [0.15, 0.2) is 47.2 Å². The van der Waals surface area contributed by atoms with Crippen molar-refractivity contribution >= 4 is 5.69 Å². The molecule has 6 heteroatoms. The molecule has 0 spiro atoms. The van der Waals surface area contributed by atoms with E-state index in [9.17, 15) is 5.11 Å². The highest BCUT2D eigenvalue weighted by Gasteiger charge is 2.11. The third kappa shape index (κ3) is 2.11. The van der Waals surface area contributed by atoms with Gasteiger partial charge < -0.3 is 15.4 Å². The number of hydrogen-bond acceptors (Lipinski definition) is 6. The molecule has 0 radical (unpaired) electrons. The first-order valence-electron chi connectivity index (χ1n) is 5.57. The van der Waals surface area contributed by atoms with Gasteiger partial charge >= 0.3 is 0 Å². The third-order valence-electron chi connectivity index (χ3n) is 2.64. The third-order valence-corrected chi connectivity index (χ3v) is 2.64. The van der Waals surface area contributed by atoms with Crippen LogP contribution in [0.4, 0.5) is 5.69 Å². The Morgan fingerprint density at radius 1 is 1.05 bits per heavy atom. The van der Waals surface area contributed by atoms with E-state index < -0.39 is 0 Å². The predicted molar refractivity (Wildman–Crippen MR) is 69.0 cm³/mol. The fourth-order valence-corrected chi connectivity index (χ4v) is 1.64. The van der Waals surface area contributed by atoms with Gasteiger partial charge in [0, 0.05) is 23.5 Å². The summed E-state index contributed by atoms with van der Waals surface area (Å²) in [6.45, 7) is 0. The first-order valence-corrected chi connectivity index (χ1v) is 5.57. The number of phenolic OH excluding ortho intramolecular Hbond substituents is 1. The number of rotatable bonds is 2. The number of hydrogen-bond donors (Lipinski definition) is 2. The molecule has 1 aromatic carbocycles. The molecular formula is C13H10N4O2. The smallest absolute Gasteiger partial charge is 0.258 e. The van der Waals surface area contributed by atoms with Crippen molar-refractivity contribution in [2.24, 2.45) is 0 Å².